The summed E-state index contributed by atoms with van der Waals surface area (Å²) in [7, 11) is 0. The summed E-state index contributed by atoms with van der Waals surface area (Å²) >= 11 is 0. The van der Waals surface area contributed by atoms with Crippen LogP contribution in [0.25, 0.3) is 11.1 Å². The Balaban J connectivity index is 1.63. The molecule has 3 aromatic rings. The average molecular weight is 377 g/mol. The summed E-state index contributed by atoms with van der Waals surface area (Å²) < 4.78 is 0. The highest BCUT2D eigenvalue weighted by Crippen LogP contribution is 2.21. The highest BCUT2D eigenvalue weighted by molar-refractivity contribution is 5.64. The Morgan fingerprint density at radius 3 is 1.69 bits per heavy atom. The van der Waals surface area contributed by atoms with E-state index in [0.717, 1.165) is 17.5 Å². The van der Waals surface area contributed by atoms with Gasteiger partial charge in [-0.25, -0.2) is 0 Å². The minimum absolute atomic E-state index is 0.797. The van der Waals surface area contributed by atoms with Gasteiger partial charge in [0, 0.05) is 17.5 Å². The fourth-order valence-corrected chi connectivity index (χ4v) is 3.23. The van der Waals surface area contributed by atoms with Crippen molar-refractivity contribution in [2.75, 3.05) is 0 Å². The van der Waals surface area contributed by atoms with Crippen LogP contribution in [0.3, 0.4) is 0 Å². The Morgan fingerprint density at radius 1 is 0.621 bits per heavy atom. The second kappa shape index (κ2) is 10.9. The van der Waals surface area contributed by atoms with Gasteiger partial charge in [-0.1, -0.05) is 86.1 Å². The zero-order chi connectivity index (χ0) is 20.3. The number of hydrogen-bond donors (Lipinski definition) is 0. The summed E-state index contributed by atoms with van der Waals surface area (Å²) in [5.41, 5.74) is 7.21. The number of benzene rings is 3. The first kappa shape index (κ1) is 20.5. The molecule has 0 nitrogen and oxygen atoms in total. The molecule has 0 heterocycles. The molecule has 0 aromatic heterocycles. The molecule has 0 aliphatic carbocycles. The SMILES string of the molecule is CC#CCc1ccc(C#Cc2ccc(-c3ccc(CCCCC)cc3)cc2)cc1. The third-order valence-electron chi connectivity index (χ3n) is 5.02. The summed E-state index contributed by atoms with van der Waals surface area (Å²) in [5.74, 6) is 12.5. The molecule has 0 spiro atoms. The zero-order valence-corrected chi connectivity index (χ0v) is 17.5. The monoisotopic (exact) mass is 376 g/mol. The van der Waals surface area contributed by atoms with Gasteiger partial charge in [0.05, 0.1) is 0 Å². The number of hydrogen-bond acceptors (Lipinski definition) is 0. The smallest absolute Gasteiger partial charge is 0.0340 e. The highest BCUT2D eigenvalue weighted by atomic mass is 14.0. The maximum atomic E-state index is 3.26. The van der Waals surface area contributed by atoms with E-state index >= 15 is 0 Å². The van der Waals surface area contributed by atoms with E-state index in [1.165, 1.54) is 47.9 Å². The van der Waals surface area contributed by atoms with Crippen LogP contribution in [-0.4, -0.2) is 0 Å². The molecule has 0 radical (unpaired) electrons. The standard InChI is InChI=1S/C29H28/c1-3-5-7-9-25-16-20-28(21-17-25)29-22-18-27(19-23-29)15-14-26-12-10-24(11-13-26)8-6-4-2/h10-13,16-23H,3,5,7-9H2,1-2H3. The van der Waals surface area contributed by atoms with Crippen molar-refractivity contribution in [3.8, 4) is 34.8 Å². The molecule has 0 saturated heterocycles. The molecule has 0 bridgehead atoms. The highest BCUT2D eigenvalue weighted by Gasteiger charge is 1.99. The largest absolute Gasteiger partial charge is 0.106 e. The second-order valence-corrected chi connectivity index (χ2v) is 7.28. The molecule has 0 fully saturated rings. The van der Waals surface area contributed by atoms with Crippen LogP contribution in [0.2, 0.25) is 0 Å². The van der Waals surface area contributed by atoms with Gasteiger partial charge in [0.25, 0.3) is 0 Å². The minimum atomic E-state index is 0.797. The molecule has 0 amide bonds. The van der Waals surface area contributed by atoms with Gasteiger partial charge in [0.2, 0.25) is 0 Å². The van der Waals surface area contributed by atoms with Crippen molar-refractivity contribution in [3.63, 3.8) is 0 Å². The molecular weight excluding hydrogens is 348 g/mol. The van der Waals surface area contributed by atoms with Gasteiger partial charge < -0.3 is 0 Å². The van der Waals surface area contributed by atoms with Crippen molar-refractivity contribution in [1.29, 1.82) is 0 Å². The quantitative estimate of drug-likeness (QED) is 0.319. The van der Waals surface area contributed by atoms with Crippen LogP contribution in [-0.2, 0) is 12.8 Å². The topological polar surface area (TPSA) is 0 Å². The third kappa shape index (κ3) is 6.41. The van der Waals surface area contributed by atoms with Crippen LogP contribution in [0.15, 0.2) is 72.8 Å². The molecule has 0 aliphatic rings. The Morgan fingerprint density at radius 2 is 1.14 bits per heavy atom. The van der Waals surface area contributed by atoms with Crippen molar-refractivity contribution in [2.45, 2.75) is 46.0 Å². The van der Waals surface area contributed by atoms with Crippen LogP contribution in [0.5, 0.6) is 0 Å². The molecule has 29 heavy (non-hydrogen) atoms. The lowest BCUT2D eigenvalue weighted by molar-refractivity contribution is 0.717. The predicted molar refractivity (Wildman–Crippen MR) is 125 cm³/mol. The summed E-state index contributed by atoms with van der Waals surface area (Å²) in [6.45, 7) is 4.12. The van der Waals surface area contributed by atoms with Gasteiger partial charge in [-0.15, -0.1) is 5.92 Å². The predicted octanol–water partition coefficient (Wildman–Crippen LogP) is 7.05. The molecule has 0 N–H and O–H groups in total. The third-order valence-corrected chi connectivity index (χ3v) is 5.02. The first-order valence-corrected chi connectivity index (χ1v) is 10.5. The normalized spacial score (nSPS) is 9.86. The number of aryl methyl sites for hydroxylation is 1. The van der Waals surface area contributed by atoms with E-state index in [0.29, 0.717) is 0 Å². The lowest BCUT2D eigenvalue weighted by Crippen LogP contribution is -1.86. The molecule has 0 unspecified atom stereocenters. The van der Waals surface area contributed by atoms with Crippen LogP contribution >= 0.6 is 0 Å². The molecular formula is C29H28. The molecule has 144 valence electrons. The zero-order valence-electron chi connectivity index (χ0n) is 17.5. The molecule has 0 aliphatic heterocycles. The number of rotatable bonds is 6. The molecule has 3 rings (SSSR count). The van der Waals surface area contributed by atoms with Crippen LogP contribution in [0, 0.1) is 23.7 Å². The maximum absolute atomic E-state index is 3.26. The average Bonchev–Trinajstić information content (AvgIpc) is 2.78. The summed E-state index contributed by atoms with van der Waals surface area (Å²) in [5, 5.41) is 0. The molecule has 0 saturated carbocycles. The Bertz CT molecular complexity index is 1010. The van der Waals surface area contributed by atoms with Gasteiger partial charge in [0.15, 0.2) is 0 Å². The van der Waals surface area contributed by atoms with Crippen LogP contribution < -0.4 is 0 Å². The van der Waals surface area contributed by atoms with Crippen molar-refractivity contribution in [3.05, 3.63) is 95.1 Å². The fraction of sp³-hybridized carbons (Fsp3) is 0.241. The van der Waals surface area contributed by atoms with Crippen molar-refractivity contribution in [2.24, 2.45) is 0 Å². The van der Waals surface area contributed by atoms with Gasteiger partial charge in [-0.3, -0.25) is 0 Å². The van der Waals surface area contributed by atoms with Gasteiger partial charge >= 0.3 is 0 Å². The van der Waals surface area contributed by atoms with Crippen molar-refractivity contribution < 1.29 is 0 Å². The first-order valence-electron chi connectivity index (χ1n) is 10.5. The maximum Gasteiger partial charge on any atom is 0.0340 e. The second-order valence-electron chi connectivity index (χ2n) is 7.28. The van der Waals surface area contributed by atoms with Crippen LogP contribution in [0.4, 0.5) is 0 Å². The van der Waals surface area contributed by atoms with E-state index < -0.39 is 0 Å². The summed E-state index contributed by atoms with van der Waals surface area (Å²) in [4.78, 5) is 0. The van der Waals surface area contributed by atoms with Gasteiger partial charge in [-0.05, 0) is 66.3 Å². The molecule has 0 heteroatoms. The Labute approximate surface area is 176 Å². The molecule has 0 atom stereocenters. The lowest BCUT2D eigenvalue weighted by atomic mass is 10.0. The Hall–Kier alpha value is -3.22. The lowest BCUT2D eigenvalue weighted by Gasteiger charge is -2.05. The van der Waals surface area contributed by atoms with E-state index in [-0.39, 0.29) is 0 Å². The van der Waals surface area contributed by atoms with E-state index in [2.05, 4.69) is 103 Å². The van der Waals surface area contributed by atoms with E-state index in [1.807, 2.05) is 6.92 Å². The number of unbranched alkanes of at least 4 members (excludes halogenated alkanes) is 2. The fourth-order valence-electron chi connectivity index (χ4n) is 3.23. The van der Waals surface area contributed by atoms with Crippen LogP contribution in [0.1, 0.15) is 55.4 Å². The van der Waals surface area contributed by atoms with Gasteiger partial charge in [-0.2, -0.15) is 0 Å². The molecule has 3 aromatic carbocycles. The first-order chi connectivity index (χ1) is 14.3. The summed E-state index contributed by atoms with van der Waals surface area (Å²) in [6, 6.07) is 25.8. The van der Waals surface area contributed by atoms with Crippen molar-refractivity contribution >= 4 is 0 Å². The van der Waals surface area contributed by atoms with Gasteiger partial charge in [0.1, 0.15) is 0 Å². The minimum Gasteiger partial charge on any atom is -0.106 e. The summed E-state index contributed by atoms with van der Waals surface area (Å²) in [6.07, 6.45) is 5.83. The van der Waals surface area contributed by atoms with E-state index in [1.54, 1.807) is 0 Å². The van der Waals surface area contributed by atoms with Crippen molar-refractivity contribution in [1.82, 2.24) is 0 Å². The van der Waals surface area contributed by atoms with E-state index in [9.17, 15) is 0 Å². The Kier molecular flexibility index (Phi) is 7.74. The van der Waals surface area contributed by atoms with E-state index in [4.69, 9.17) is 0 Å².